The molecular formula is C16H22N4. The fourth-order valence-corrected chi connectivity index (χ4v) is 3.82. The van der Waals surface area contributed by atoms with Crippen molar-refractivity contribution < 1.29 is 0 Å². The first-order valence-electron chi connectivity index (χ1n) is 7.32. The Morgan fingerprint density at radius 3 is 2.65 bits per heavy atom. The number of pyridine rings is 1. The minimum atomic E-state index is 0.662. The Balaban J connectivity index is 1.85. The summed E-state index contributed by atoms with van der Waals surface area (Å²) in [5.41, 5.74) is 2.61. The van der Waals surface area contributed by atoms with E-state index in [2.05, 4.69) is 39.7 Å². The van der Waals surface area contributed by atoms with Crippen LogP contribution in [0.15, 0.2) is 6.07 Å². The first-order valence-corrected chi connectivity index (χ1v) is 7.32. The van der Waals surface area contributed by atoms with Crippen LogP contribution >= 0.6 is 0 Å². The first-order chi connectivity index (χ1) is 9.51. The van der Waals surface area contributed by atoms with Crippen LogP contribution < -0.4 is 4.90 Å². The molecule has 0 saturated carbocycles. The second-order valence-electron chi connectivity index (χ2n) is 6.35. The molecule has 1 aromatic heterocycles. The van der Waals surface area contributed by atoms with Crippen molar-refractivity contribution in [3.05, 3.63) is 28.7 Å². The Morgan fingerprint density at radius 1 is 1.30 bits per heavy atom. The maximum absolute atomic E-state index is 7.22. The van der Waals surface area contributed by atoms with Gasteiger partial charge in [-0.2, -0.15) is 0 Å². The average Bonchev–Trinajstić information content (AvgIpc) is 2.90. The number of anilines is 1. The van der Waals surface area contributed by atoms with Crippen molar-refractivity contribution in [3.63, 3.8) is 0 Å². The first kappa shape index (κ1) is 13.4. The van der Waals surface area contributed by atoms with E-state index in [1.165, 1.54) is 6.54 Å². The van der Waals surface area contributed by atoms with E-state index in [0.29, 0.717) is 11.7 Å². The lowest BCUT2D eigenvalue weighted by Crippen LogP contribution is -2.32. The standard InChI is InChI=1S/C16H22N4/c1-10-6-15(18-11(2)16(10)17-4)20-8-13-7-19(5)12(3)14(13)9-20/h6,12-14H,7-9H2,1-3,5H3. The molecule has 2 aliphatic rings. The normalized spacial score (nSPS) is 29.6. The molecule has 3 atom stereocenters. The van der Waals surface area contributed by atoms with Gasteiger partial charge in [-0.25, -0.2) is 9.83 Å². The Morgan fingerprint density at radius 2 is 2.05 bits per heavy atom. The lowest BCUT2D eigenvalue weighted by atomic mass is 9.95. The van der Waals surface area contributed by atoms with Crippen molar-refractivity contribution in [2.75, 3.05) is 31.6 Å². The van der Waals surface area contributed by atoms with Crippen molar-refractivity contribution >= 4 is 11.5 Å². The number of likely N-dealkylation sites (tertiary alicyclic amines) is 1. The van der Waals surface area contributed by atoms with E-state index in [0.717, 1.165) is 42.0 Å². The number of aromatic nitrogens is 1. The van der Waals surface area contributed by atoms with E-state index in [9.17, 15) is 0 Å². The minimum absolute atomic E-state index is 0.662. The van der Waals surface area contributed by atoms with Crippen LogP contribution in [0.1, 0.15) is 18.2 Å². The van der Waals surface area contributed by atoms with Crippen LogP contribution in [0.25, 0.3) is 4.85 Å². The molecule has 2 fully saturated rings. The summed E-state index contributed by atoms with van der Waals surface area (Å²) in [6.45, 7) is 16.9. The Labute approximate surface area is 121 Å². The molecular weight excluding hydrogens is 248 g/mol. The highest BCUT2D eigenvalue weighted by atomic mass is 15.3. The number of fused-ring (bicyclic) bond motifs is 1. The van der Waals surface area contributed by atoms with Gasteiger partial charge in [0.2, 0.25) is 5.69 Å². The third kappa shape index (κ3) is 1.97. The zero-order valence-corrected chi connectivity index (χ0v) is 12.7. The molecule has 0 spiro atoms. The maximum Gasteiger partial charge on any atom is 0.211 e. The monoisotopic (exact) mass is 270 g/mol. The number of nitrogens with zero attached hydrogens (tertiary/aromatic N) is 4. The fourth-order valence-electron chi connectivity index (χ4n) is 3.82. The topological polar surface area (TPSA) is 23.7 Å². The van der Waals surface area contributed by atoms with Gasteiger partial charge in [-0.05, 0) is 51.3 Å². The zero-order valence-electron chi connectivity index (χ0n) is 12.7. The number of hydrogen-bond donors (Lipinski definition) is 0. The third-order valence-electron chi connectivity index (χ3n) is 5.11. The van der Waals surface area contributed by atoms with Crippen molar-refractivity contribution in [1.82, 2.24) is 9.88 Å². The summed E-state index contributed by atoms with van der Waals surface area (Å²) in [6.07, 6.45) is 0. The van der Waals surface area contributed by atoms with Crippen LogP contribution in [0, 0.1) is 32.3 Å². The van der Waals surface area contributed by atoms with Crippen LogP contribution in [-0.2, 0) is 0 Å². The zero-order chi connectivity index (χ0) is 14.4. The van der Waals surface area contributed by atoms with Gasteiger partial charge in [0.1, 0.15) is 5.82 Å². The molecule has 0 N–H and O–H groups in total. The molecule has 3 rings (SSSR count). The van der Waals surface area contributed by atoms with Gasteiger partial charge < -0.3 is 9.80 Å². The van der Waals surface area contributed by atoms with E-state index in [1.807, 2.05) is 13.8 Å². The average molecular weight is 270 g/mol. The van der Waals surface area contributed by atoms with Crippen molar-refractivity contribution in [1.29, 1.82) is 0 Å². The molecule has 2 saturated heterocycles. The van der Waals surface area contributed by atoms with Crippen LogP contribution in [0.5, 0.6) is 0 Å². The molecule has 3 unspecified atom stereocenters. The summed E-state index contributed by atoms with van der Waals surface area (Å²) in [4.78, 5) is 13.1. The highest BCUT2D eigenvalue weighted by molar-refractivity contribution is 5.60. The van der Waals surface area contributed by atoms with Gasteiger partial charge in [-0.1, -0.05) is 0 Å². The fraction of sp³-hybridized carbons (Fsp3) is 0.625. The SMILES string of the molecule is [C-]#[N+]c1c(C)cc(N2CC3CN(C)C(C)C3C2)nc1C. The summed E-state index contributed by atoms with van der Waals surface area (Å²) in [7, 11) is 2.23. The van der Waals surface area contributed by atoms with E-state index in [4.69, 9.17) is 6.57 Å². The molecule has 1 aromatic rings. The molecule has 20 heavy (non-hydrogen) atoms. The third-order valence-corrected chi connectivity index (χ3v) is 5.11. The summed E-state index contributed by atoms with van der Waals surface area (Å²) < 4.78 is 0. The Hall–Kier alpha value is -1.60. The lowest BCUT2D eigenvalue weighted by Gasteiger charge is -2.24. The molecule has 0 radical (unpaired) electrons. The van der Waals surface area contributed by atoms with Gasteiger partial charge in [0.15, 0.2) is 0 Å². The lowest BCUT2D eigenvalue weighted by molar-refractivity contribution is 0.294. The largest absolute Gasteiger partial charge is 0.356 e. The van der Waals surface area contributed by atoms with Gasteiger partial charge >= 0.3 is 0 Å². The number of hydrogen-bond acceptors (Lipinski definition) is 3. The summed E-state index contributed by atoms with van der Waals surface area (Å²) in [6, 6.07) is 2.74. The van der Waals surface area contributed by atoms with E-state index < -0.39 is 0 Å². The van der Waals surface area contributed by atoms with Crippen LogP contribution in [0.2, 0.25) is 0 Å². The van der Waals surface area contributed by atoms with Crippen molar-refractivity contribution in [2.45, 2.75) is 26.8 Å². The molecule has 3 heterocycles. The number of aryl methyl sites for hydroxylation is 2. The van der Waals surface area contributed by atoms with Crippen molar-refractivity contribution in [2.24, 2.45) is 11.8 Å². The Kier molecular flexibility index (Phi) is 3.18. The predicted octanol–water partition coefficient (Wildman–Crippen LogP) is 2.64. The molecule has 0 bridgehead atoms. The molecule has 2 aliphatic heterocycles. The van der Waals surface area contributed by atoms with Crippen molar-refractivity contribution in [3.8, 4) is 0 Å². The van der Waals surface area contributed by atoms with Crippen LogP contribution in [0.3, 0.4) is 0 Å². The molecule has 106 valence electrons. The van der Waals surface area contributed by atoms with Gasteiger partial charge in [0.25, 0.3) is 0 Å². The molecule has 4 nitrogen and oxygen atoms in total. The quantitative estimate of drug-likeness (QED) is 0.733. The summed E-state index contributed by atoms with van der Waals surface area (Å²) in [5, 5.41) is 0. The maximum atomic E-state index is 7.22. The highest BCUT2D eigenvalue weighted by Crippen LogP contribution is 2.37. The van der Waals surface area contributed by atoms with Gasteiger partial charge in [0.05, 0.1) is 6.57 Å². The summed E-state index contributed by atoms with van der Waals surface area (Å²) in [5.74, 6) is 2.57. The van der Waals surface area contributed by atoms with E-state index >= 15 is 0 Å². The van der Waals surface area contributed by atoms with E-state index in [1.54, 1.807) is 0 Å². The summed E-state index contributed by atoms with van der Waals surface area (Å²) >= 11 is 0. The molecule has 0 amide bonds. The molecule has 0 aliphatic carbocycles. The van der Waals surface area contributed by atoms with Crippen LogP contribution in [0.4, 0.5) is 11.5 Å². The smallest absolute Gasteiger partial charge is 0.211 e. The molecule has 0 aromatic carbocycles. The Bertz CT molecular complexity index is 551. The van der Waals surface area contributed by atoms with Gasteiger partial charge in [-0.15, -0.1) is 0 Å². The van der Waals surface area contributed by atoms with Gasteiger partial charge in [0, 0.05) is 31.4 Å². The predicted molar refractivity (Wildman–Crippen MR) is 81.3 cm³/mol. The van der Waals surface area contributed by atoms with Gasteiger partial charge in [-0.3, -0.25) is 0 Å². The van der Waals surface area contributed by atoms with E-state index in [-0.39, 0.29) is 0 Å². The minimum Gasteiger partial charge on any atom is -0.356 e. The highest BCUT2D eigenvalue weighted by Gasteiger charge is 2.43. The van der Waals surface area contributed by atoms with Crippen LogP contribution in [-0.4, -0.2) is 42.6 Å². The molecule has 4 heteroatoms. The number of rotatable bonds is 1. The second-order valence-corrected chi connectivity index (χ2v) is 6.35. The second kappa shape index (κ2) is 4.75.